The van der Waals surface area contributed by atoms with E-state index in [2.05, 4.69) is 47.2 Å². The maximum atomic E-state index is 12.7. The number of carbonyl (C=O) groups excluding carboxylic acids is 1. The Labute approximate surface area is 124 Å². The van der Waals surface area contributed by atoms with Crippen LogP contribution in [0.4, 0.5) is 0 Å². The maximum Gasteiger partial charge on any atom is 0.231 e. The lowest BCUT2D eigenvalue weighted by molar-refractivity contribution is -0.125. The first-order chi connectivity index (χ1) is 9.12. The fourth-order valence-electron chi connectivity index (χ4n) is 2.54. The number of hydrogen-bond acceptors (Lipinski definition) is 1. The molecule has 1 amide bonds. The van der Waals surface area contributed by atoms with Crippen LogP contribution in [0.5, 0.6) is 0 Å². The van der Waals surface area contributed by atoms with E-state index < -0.39 is 0 Å². The van der Waals surface area contributed by atoms with Gasteiger partial charge in [0.05, 0.1) is 5.41 Å². The Morgan fingerprint density at radius 1 is 1.26 bits per heavy atom. The van der Waals surface area contributed by atoms with Crippen molar-refractivity contribution in [3.63, 3.8) is 0 Å². The first-order valence-corrected chi connectivity index (χ1v) is 8.19. The van der Waals surface area contributed by atoms with Crippen molar-refractivity contribution in [3.8, 4) is 0 Å². The van der Waals surface area contributed by atoms with E-state index in [1.165, 1.54) is 0 Å². The minimum atomic E-state index is -0.265. The van der Waals surface area contributed by atoms with Crippen LogP contribution in [0.3, 0.4) is 0 Å². The number of carbonyl (C=O) groups is 1. The molecule has 1 aliphatic rings. The van der Waals surface area contributed by atoms with Gasteiger partial charge < -0.3 is 5.32 Å². The molecular weight excluding hydrogens is 302 g/mol. The van der Waals surface area contributed by atoms with Crippen molar-refractivity contribution >= 4 is 21.8 Å². The summed E-state index contributed by atoms with van der Waals surface area (Å²) < 4.78 is 0. The van der Waals surface area contributed by atoms with Crippen LogP contribution in [0.25, 0.3) is 0 Å². The minimum Gasteiger partial charge on any atom is -0.349 e. The highest BCUT2D eigenvalue weighted by Gasteiger charge is 2.52. The molecule has 2 nitrogen and oxygen atoms in total. The lowest BCUT2D eigenvalue weighted by Gasteiger charge is -2.33. The van der Waals surface area contributed by atoms with Crippen molar-refractivity contribution in [2.75, 3.05) is 5.33 Å². The van der Waals surface area contributed by atoms with Gasteiger partial charge in [-0.3, -0.25) is 4.79 Å². The fourth-order valence-corrected chi connectivity index (χ4v) is 3.47. The van der Waals surface area contributed by atoms with Crippen LogP contribution >= 0.6 is 15.9 Å². The van der Waals surface area contributed by atoms with E-state index in [4.69, 9.17) is 0 Å². The summed E-state index contributed by atoms with van der Waals surface area (Å²) in [6.45, 7) is 4.26. The first-order valence-electron chi connectivity index (χ1n) is 7.06. The number of rotatable bonds is 6. The van der Waals surface area contributed by atoms with Gasteiger partial charge in [0.2, 0.25) is 5.91 Å². The molecular formula is C16H22BrNO. The van der Waals surface area contributed by atoms with Crippen LogP contribution in [0.2, 0.25) is 0 Å². The van der Waals surface area contributed by atoms with Gasteiger partial charge in [0.1, 0.15) is 0 Å². The lowest BCUT2D eigenvalue weighted by atomic mass is 9.90. The lowest BCUT2D eigenvalue weighted by Crippen LogP contribution is -2.52. The van der Waals surface area contributed by atoms with Crippen molar-refractivity contribution in [1.82, 2.24) is 5.32 Å². The molecule has 1 saturated carbocycles. The minimum absolute atomic E-state index is 0.110. The Bertz CT molecular complexity index is 427. The highest BCUT2D eigenvalue weighted by atomic mass is 79.9. The standard InChI is InChI=1S/C16H22BrNO/c1-3-15(4-2,12-17)18-14(19)16(10-11-16)13-8-6-5-7-9-13/h5-9H,3-4,10-12H2,1-2H3,(H,18,19). The third-order valence-corrected chi connectivity index (χ3v) is 5.57. The largest absolute Gasteiger partial charge is 0.349 e. The van der Waals surface area contributed by atoms with E-state index in [1.807, 2.05) is 18.2 Å². The van der Waals surface area contributed by atoms with Gasteiger partial charge in [-0.1, -0.05) is 60.1 Å². The molecule has 0 saturated heterocycles. The number of alkyl halides is 1. The van der Waals surface area contributed by atoms with Crippen molar-refractivity contribution in [2.45, 2.75) is 50.5 Å². The highest BCUT2D eigenvalue weighted by Crippen LogP contribution is 2.48. The van der Waals surface area contributed by atoms with E-state index in [0.29, 0.717) is 0 Å². The van der Waals surface area contributed by atoms with Gasteiger partial charge in [-0.25, -0.2) is 0 Å². The summed E-state index contributed by atoms with van der Waals surface area (Å²) in [5.74, 6) is 0.196. The van der Waals surface area contributed by atoms with Gasteiger partial charge in [-0.2, -0.15) is 0 Å². The van der Waals surface area contributed by atoms with Gasteiger partial charge in [0.15, 0.2) is 0 Å². The topological polar surface area (TPSA) is 29.1 Å². The van der Waals surface area contributed by atoms with Crippen LogP contribution in [0, 0.1) is 0 Å². The maximum absolute atomic E-state index is 12.7. The summed E-state index contributed by atoms with van der Waals surface area (Å²) in [6.07, 6.45) is 3.83. The molecule has 0 bridgehead atoms. The molecule has 2 rings (SSSR count). The molecule has 1 aromatic carbocycles. The molecule has 0 aromatic heterocycles. The zero-order valence-corrected chi connectivity index (χ0v) is 13.3. The van der Waals surface area contributed by atoms with Crippen molar-refractivity contribution < 1.29 is 4.79 Å². The van der Waals surface area contributed by atoms with Crippen LogP contribution < -0.4 is 5.32 Å². The normalized spacial score (nSPS) is 17.0. The van der Waals surface area contributed by atoms with Crippen LogP contribution in [0.1, 0.15) is 45.1 Å². The van der Waals surface area contributed by atoms with Crippen LogP contribution in [-0.4, -0.2) is 16.8 Å². The monoisotopic (exact) mass is 323 g/mol. The number of hydrogen-bond donors (Lipinski definition) is 1. The van der Waals surface area contributed by atoms with Crippen molar-refractivity contribution in [1.29, 1.82) is 0 Å². The summed E-state index contributed by atoms with van der Waals surface area (Å²) in [5.41, 5.74) is 0.781. The second-order valence-corrected chi connectivity index (χ2v) is 6.08. The summed E-state index contributed by atoms with van der Waals surface area (Å²) in [4.78, 5) is 12.7. The first kappa shape index (κ1) is 14.6. The molecule has 19 heavy (non-hydrogen) atoms. The second kappa shape index (κ2) is 5.66. The Morgan fingerprint density at radius 2 is 1.84 bits per heavy atom. The smallest absolute Gasteiger partial charge is 0.231 e. The molecule has 1 N–H and O–H groups in total. The molecule has 104 valence electrons. The SMILES string of the molecule is CCC(CC)(CBr)NC(=O)C1(c2ccccc2)CC1. The average Bonchev–Trinajstić information content (AvgIpc) is 3.27. The Hall–Kier alpha value is -0.830. The summed E-state index contributed by atoms with van der Waals surface area (Å²) in [7, 11) is 0. The quantitative estimate of drug-likeness (QED) is 0.793. The highest BCUT2D eigenvalue weighted by molar-refractivity contribution is 9.09. The molecule has 0 heterocycles. The molecule has 0 unspecified atom stereocenters. The van der Waals surface area contributed by atoms with E-state index in [1.54, 1.807) is 0 Å². The van der Waals surface area contributed by atoms with E-state index >= 15 is 0 Å². The molecule has 1 fully saturated rings. The molecule has 0 spiro atoms. The second-order valence-electron chi connectivity index (χ2n) is 5.52. The van der Waals surface area contributed by atoms with Gasteiger partial charge in [-0.05, 0) is 31.2 Å². The Balaban J connectivity index is 2.17. The van der Waals surface area contributed by atoms with Gasteiger partial charge >= 0.3 is 0 Å². The van der Waals surface area contributed by atoms with Gasteiger partial charge in [0, 0.05) is 10.9 Å². The van der Waals surface area contributed by atoms with Crippen molar-refractivity contribution in [2.24, 2.45) is 0 Å². The summed E-state index contributed by atoms with van der Waals surface area (Å²) >= 11 is 3.55. The predicted octanol–water partition coefficient (Wildman–Crippen LogP) is 3.79. The predicted molar refractivity (Wildman–Crippen MR) is 82.6 cm³/mol. The number of halogens is 1. The van der Waals surface area contributed by atoms with E-state index in [-0.39, 0.29) is 16.9 Å². The molecule has 0 aliphatic heterocycles. The van der Waals surface area contributed by atoms with Gasteiger partial charge in [-0.15, -0.1) is 0 Å². The zero-order chi connectivity index (χ0) is 13.9. The Morgan fingerprint density at radius 3 is 2.26 bits per heavy atom. The van der Waals surface area contributed by atoms with Crippen LogP contribution in [-0.2, 0) is 10.2 Å². The molecule has 0 radical (unpaired) electrons. The fraction of sp³-hybridized carbons (Fsp3) is 0.562. The third kappa shape index (κ3) is 2.71. The zero-order valence-electron chi connectivity index (χ0n) is 11.7. The Kier molecular flexibility index (Phi) is 4.34. The third-order valence-electron chi connectivity index (χ3n) is 4.50. The summed E-state index contributed by atoms with van der Waals surface area (Å²) in [6, 6.07) is 10.2. The molecule has 3 heteroatoms. The van der Waals surface area contributed by atoms with Crippen LogP contribution in [0.15, 0.2) is 30.3 Å². The van der Waals surface area contributed by atoms with E-state index in [9.17, 15) is 4.79 Å². The van der Waals surface area contributed by atoms with Gasteiger partial charge in [0.25, 0.3) is 0 Å². The molecule has 0 atom stereocenters. The molecule has 1 aromatic rings. The van der Waals surface area contributed by atoms with Crippen molar-refractivity contribution in [3.05, 3.63) is 35.9 Å². The summed E-state index contributed by atoms with van der Waals surface area (Å²) in [5, 5.41) is 4.10. The number of benzene rings is 1. The van der Waals surface area contributed by atoms with E-state index in [0.717, 1.165) is 36.6 Å². The number of nitrogens with one attached hydrogen (secondary N) is 1. The number of amides is 1. The molecule has 1 aliphatic carbocycles. The average molecular weight is 324 g/mol.